The fourth-order valence-corrected chi connectivity index (χ4v) is 5.16. The van der Waals surface area contributed by atoms with E-state index in [0.717, 1.165) is 22.0 Å². The van der Waals surface area contributed by atoms with Crippen LogP contribution in [0.3, 0.4) is 0 Å². The predicted octanol–water partition coefficient (Wildman–Crippen LogP) is 6.17. The first kappa shape index (κ1) is 21.8. The van der Waals surface area contributed by atoms with Crippen LogP contribution in [0.5, 0.6) is 0 Å². The molecular weight excluding hydrogens is 442 g/mol. The second-order valence-electron chi connectivity index (χ2n) is 8.14. The maximum Gasteiger partial charge on any atom is 0.211 e. The molecule has 8 heteroatoms. The zero-order valence-electron chi connectivity index (χ0n) is 18.0. The van der Waals surface area contributed by atoms with Gasteiger partial charge >= 0.3 is 0 Å². The van der Waals surface area contributed by atoms with Gasteiger partial charge in [-0.1, -0.05) is 51.1 Å². The first-order valence-electron chi connectivity index (χ1n) is 9.90. The summed E-state index contributed by atoms with van der Waals surface area (Å²) >= 11 is 4.84. The van der Waals surface area contributed by atoms with Gasteiger partial charge in [0.05, 0.1) is 27.0 Å². The van der Waals surface area contributed by atoms with Gasteiger partial charge < -0.3 is 5.73 Å². The Hall–Kier alpha value is -2.42. The average Bonchev–Trinajstić information content (AvgIpc) is 3.47. The summed E-state index contributed by atoms with van der Waals surface area (Å²) in [6.45, 7) is 7.21. The summed E-state index contributed by atoms with van der Waals surface area (Å²) in [6.07, 6.45) is 2.06. The molecule has 0 bridgehead atoms. The number of amidine groups is 1. The van der Waals surface area contributed by atoms with E-state index >= 15 is 0 Å². The number of hydrogen-bond donors (Lipinski definition) is 1. The van der Waals surface area contributed by atoms with Crippen molar-refractivity contribution in [2.75, 3.05) is 6.26 Å². The van der Waals surface area contributed by atoms with Gasteiger partial charge in [0.2, 0.25) is 5.13 Å². The van der Waals surface area contributed by atoms with Crippen molar-refractivity contribution in [1.82, 2.24) is 14.8 Å². The summed E-state index contributed by atoms with van der Waals surface area (Å²) in [5, 5.41) is 7.58. The standard InChI is InChI=1S/C23H25N5S3/c1-23(2,3)19-12-17(28(27-19)13-15-8-6-5-7-9-15)16-14-30-22(25-16)26-21(24)18-10-11-20(29-4)31-18/h5-12,14H,13H2,1-4H3,(H2,24,25,26). The van der Waals surface area contributed by atoms with Crippen LogP contribution in [0.4, 0.5) is 5.13 Å². The van der Waals surface area contributed by atoms with Crippen molar-refractivity contribution in [3.63, 3.8) is 0 Å². The Morgan fingerprint density at radius 2 is 1.94 bits per heavy atom. The number of nitrogens with zero attached hydrogens (tertiary/aromatic N) is 4. The Morgan fingerprint density at radius 3 is 2.61 bits per heavy atom. The summed E-state index contributed by atoms with van der Waals surface area (Å²) in [5.74, 6) is 0.499. The van der Waals surface area contributed by atoms with E-state index in [1.54, 1.807) is 23.1 Å². The summed E-state index contributed by atoms with van der Waals surface area (Å²) in [5.41, 5.74) is 10.3. The summed E-state index contributed by atoms with van der Waals surface area (Å²) in [4.78, 5) is 10.3. The second-order valence-corrected chi connectivity index (χ2v) is 11.2. The predicted molar refractivity (Wildman–Crippen MR) is 134 cm³/mol. The lowest BCUT2D eigenvalue weighted by Crippen LogP contribution is -2.13. The maximum atomic E-state index is 6.24. The molecule has 5 nitrogen and oxygen atoms in total. The number of nitrogens with two attached hydrogens (primary N) is 1. The Balaban J connectivity index is 1.67. The van der Waals surface area contributed by atoms with Gasteiger partial charge in [-0.3, -0.25) is 4.68 Å². The lowest BCUT2D eigenvalue weighted by molar-refractivity contribution is 0.546. The van der Waals surface area contributed by atoms with Crippen molar-refractivity contribution in [2.24, 2.45) is 10.7 Å². The molecule has 0 saturated carbocycles. The lowest BCUT2D eigenvalue weighted by Gasteiger charge is -2.14. The van der Waals surface area contributed by atoms with E-state index < -0.39 is 0 Å². The van der Waals surface area contributed by atoms with Gasteiger partial charge in [0.25, 0.3) is 0 Å². The van der Waals surface area contributed by atoms with Gasteiger partial charge in [-0.15, -0.1) is 34.4 Å². The molecule has 4 aromatic rings. The quantitative estimate of drug-likeness (QED) is 0.209. The van der Waals surface area contributed by atoms with E-state index in [1.807, 2.05) is 22.2 Å². The Kier molecular flexibility index (Phi) is 6.31. The highest BCUT2D eigenvalue weighted by molar-refractivity contribution is 8.00. The molecule has 3 heterocycles. The van der Waals surface area contributed by atoms with E-state index in [4.69, 9.17) is 15.8 Å². The van der Waals surface area contributed by atoms with Gasteiger partial charge in [0.15, 0.2) is 0 Å². The van der Waals surface area contributed by atoms with Gasteiger partial charge in [-0.05, 0) is 30.0 Å². The number of aliphatic imine (C=N–C) groups is 1. The molecule has 0 fully saturated rings. The Labute approximate surface area is 195 Å². The molecular formula is C23H25N5S3. The number of benzene rings is 1. The molecule has 0 amide bonds. The Bertz CT molecular complexity index is 1200. The van der Waals surface area contributed by atoms with Gasteiger partial charge in [0, 0.05) is 10.8 Å². The third kappa shape index (κ3) is 5.08. The van der Waals surface area contributed by atoms with Crippen LogP contribution < -0.4 is 5.73 Å². The number of hydrogen-bond acceptors (Lipinski definition) is 6. The van der Waals surface area contributed by atoms with Crippen LogP contribution in [0.15, 0.2) is 63.1 Å². The smallest absolute Gasteiger partial charge is 0.211 e. The van der Waals surface area contributed by atoms with Gasteiger partial charge in [0.1, 0.15) is 11.5 Å². The average molecular weight is 468 g/mol. The first-order valence-corrected chi connectivity index (χ1v) is 12.8. The minimum atomic E-state index is -0.0493. The number of thiazole rings is 1. The van der Waals surface area contributed by atoms with Crippen molar-refractivity contribution >= 4 is 45.4 Å². The molecule has 0 aliphatic rings. The van der Waals surface area contributed by atoms with Gasteiger partial charge in [-0.2, -0.15) is 5.10 Å². The molecule has 0 radical (unpaired) electrons. The molecule has 31 heavy (non-hydrogen) atoms. The van der Waals surface area contributed by atoms with Crippen molar-refractivity contribution in [1.29, 1.82) is 0 Å². The molecule has 0 atom stereocenters. The van der Waals surface area contributed by atoms with Crippen molar-refractivity contribution in [3.8, 4) is 11.4 Å². The van der Waals surface area contributed by atoms with Crippen molar-refractivity contribution < 1.29 is 0 Å². The summed E-state index contributed by atoms with van der Waals surface area (Å²) in [6, 6.07) is 16.6. The van der Waals surface area contributed by atoms with Crippen molar-refractivity contribution in [3.05, 3.63) is 70.0 Å². The number of aromatic nitrogens is 3. The highest BCUT2D eigenvalue weighted by Crippen LogP contribution is 2.32. The topological polar surface area (TPSA) is 69.1 Å². The number of thiophene rings is 1. The van der Waals surface area contributed by atoms with E-state index in [1.165, 1.54) is 21.1 Å². The number of rotatable bonds is 6. The molecule has 0 unspecified atom stereocenters. The van der Waals surface area contributed by atoms with Crippen LogP contribution in [0, 0.1) is 0 Å². The lowest BCUT2D eigenvalue weighted by atomic mass is 9.92. The van der Waals surface area contributed by atoms with Crippen LogP contribution in [-0.2, 0) is 12.0 Å². The molecule has 4 rings (SSSR count). The molecule has 2 N–H and O–H groups in total. The first-order chi connectivity index (χ1) is 14.8. The third-order valence-corrected chi connectivity index (χ3v) is 7.65. The highest BCUT2D eigenvalue weighted by atomic mass is 32.2. The van der Waals surface area contributed by atoms with E-state index in [2.05, 4.69) is 68.4 Å². The molecule has 0 aliphatic heterocycles. The molecule has 0 saturated heterocycles. The van der Waals surface area contributed by atoms with E-state index in [0.29, 0.717) is 17.5 Å². The molecule has 0 spiro atoms. The van der Waals surface area contributed by atoms with Crippen LogP contribution in [0.2, 0.25) is 0 Å². The Morgan fingerprint density at radius 1 is 1.16 bits per heavy atom. The molecule has 0 aliphatic carbocycles. The monoisotopic (exact) mass is 467 g/mol. The fraction of sp³-hybridized carbons (Fsp3) is 0.261. The molecule has 160 valence electrons. The largest absolute Gasteiger partial charge is 0.382 e. The molecule has 1 aromatic carbocycles. The van der Waals surface area contributed by atoms with Crippen LogP contribution >= 0.6 is 34.4 Å². The normalized spacial score (nSPS) is 12.5. The highest BCUT2D eigenvalue weighted by Gasteiger charge is 2.22. The minimum absolute atomic E-state index is 0.0493. The minimum Gasteiger partial charge on any atom is -0.382 e. The summed E-state index contributed by atoms with van der Waals surface area (Å²) in [7, 11) is 0. The number of thioether (sulfide) groups is 1. The molecule has 3 aromatic heterocycles. The van der Waals surface area contributed by atoms with Crippen LogP contribution in [-0.4, -0.2) is 26.9 Å². The van der Waals surface area contributed by atoms with E-state index in [9.17, 15) is 0 Å². The zero-order chi connectivity index (χ0) is 22.0. The summed E-state index contributed by atoms with van der Waals surface area (Å²) < 4.78 is 3.25. The van der Waals surface area contributed by atoms with Crippen LogP contribution in [0.1, 0.15) is 36.9 Å². The second kappa shape index (κ2) is 8.98. The zero-order valence-corrected chi connectivity index (χ0v) is 20.4. The fourth-order valence-electron chi connectivity index (χ4n) is 3.03. The third-order valence-electron chi connectivity index (χ3n) is 4.73. The van der Waals surface area contributed by atoms with Gasteiger partial charge in [-0.25, -0.2) is 9.98 Å². The van der Waals surface area contributed by atoms with Crippen LogP contribution in [0.25, 0.3) is 11.4 Å². The maximum absolute atomic E-state index is 6.24. The van der Waals surface area contributed by atoms with E-state index in [-0.39, 0.29) is 5.41 Å². The SMILES string of the molecule is CSc1ccc(C(N)=Nc2nc(-c3cc(C(C)(C)C)nn3Cc3ccccc3)cs2)s1. The van der Waals surface area contributed by atoms with Crippen molar-refractivity contribution in [2.45, 2.75) is 36.9 Å².